The third kappa shape index (κ3) is 22.5. The summed E-state index contributed by atoms with van der Waals surface area (Å²) in [5, 5.41) is 0. The van der Waals surface area contributed by atoms with E-state index in [0.717, 1.165) is 57.8 Å². The van der Waals surface area contributed by atoms with Gasteiger partial charge >= 0.3 is 17.9 Å². The number of ether oxygens (including phenoxy) is 4. The van der Waals surface area contributed by atoms with Crippen molar-refractivity contribution in [1.29, 1.82) is 0 Å². The maximum absolute atomic E-state index is 13.3. The van der Waals surface area contributed by atoms with E-state index in [1.807, 2.05) is 12.2 Å². The maximum Gasteiger partial charge on any atom is 0.309 e. The van der Waals surface area contributed by atoms with Crippen molar-refractivity contribution in [2.45, 2.75) is 173 Å². The highest BCUT2D eigenvalue weighted by Gasteiger charge is 2.27. The summed E-state index contributed by atoms with van der Waals surface area (Å²) in [5.41, 5.74) is 0. The molecule has 1 aliphatic carbocycles. The highest BCUT2D eigenvalue weighted by Crippen LogP contribution is 2.29. The van der Waals surface area contributed by atoms with Gasteiger partial charge in [0, 0.05) is 13.5 Å². The smallest absolute Gasteiger partial charge is 0.309 e. The quantitative estimate of drug-likeness (QED) is 0.0339. The molecule has 4 atom stereocenters. The molecule has 1 aliphatic rings. The Hall–Kier alpha value is -2.74. The van der Waals surface area contributed by atoms with Gasteiger partial charge < -0.3 is 18.9 Å². The highest BCUT2D eigenvalue weighted by atomic mass is 16.6. The third-order valence-electron chi connectivity index (χ3n) is 8.81. The molecule has 0 aromatic carbocycles. The lowest BCUT2D eigenvalue weighted by Crippen LogP contribution is -2.30. The van der Waals surface area contributed by atoms with Crippen molar-refractivity contribution in [3.8, 4) is 0 Å². The minimum atomic E-state index is -0.680. The fourth-order valence-corrected chi connectivity index (χ4v) is 6.22. The Kier molecular flexibility index (Phi) is 24.5. The zero-order chi connectivity index (χ0) is 34.7. The summed E-state index contributed by atoms with van der Waals surface area (Å²) in [4.78, 5) is 51.0. The number of esters is 3. The van der Waals surface area contributed by atoms with Crippen LogP contribution in [0.2, 0.25) is 0 Å². The fourth-order valence-electron chi connectivity index (χ4n) is 6.22. The first kappa shape index (κ1) is 42.3. The molecule has 0 bridgehead atoms. The number of carbonyl (C=O) groups is 4. The van der Waals surface area contributed by atoms with Crippen molar-refractivity contribution in [3.05, 3.63) is 38.0 Å². The van der Waals surface area contributed by atoms with Crippen LogP contribution in [0.25, 0.3) is 0 Å². The molecule has 47 heavy (non-hydrogen) atoms. The predicted octanol–water partition coefficient (Wildman–Crippen LogP) is 9.10. The zero-order valence-corrected chi connectivity index (χ0v) is 29.6. The summed E-state index contributed by atoms with van der Waals surface area (Å²) in [6.07, 6.45) is 19.8. The Morgan fingerprint density at radius 1 is 0.596 bits per heavy atom. The predicted molar refractivity (Wildman–Crippen MR) is 187 cm³/mol. The molecule has 0 heterocycles. The molecule has 0 saturated heterocycles. The molecule has 1 rings (SSSR count). The molecule has 0 radical (unpaired) electrons. The number of rotatable bonds is 29. The lowest BCUT2D eigenvalue weighted by Gasteiger charge is -2.26. The van der Waals surface area contributed by atoms with Gasteiger partial charge in [-0.2, -0.15) is 0 Å². The monoisotopic (exact) mass is 660 g/mol. The Labute approximate surface area is 285 Å². The molecule has 0 aromatic rings. The Morgan fingerprint density at radius 2 is 1.04 bits per heavy atom. The second-order valence-electron chi connectivity index (χ2n) is 13.2. The van der Waals surface area contributed by atoms with Crippen LogP contribution in [0.1, 0.15) is 148 Å². The van der Waals surface area contributed by atoms with E-state index in [-0.39, 0.29) is 43.5 Å². The summed E-state index contributed by atoms with van der Waals surface area (Å²) in [7, 11) is 1.64. The van der Waals surface area contributed by atoms with Gasteiger partial charge in [0.2, 0.25) is 0 Å². The van der Waals surface area contributed by atoms with Gasteiger partial charge in [0.05, 0.1) is 25.4 Å². The maximum atomic E-state index is 13.3. The van der Waals surface area contributed by atoms with Gasteiger partial charge in [0.25, 0.3) is 0 Å². The van der Waals surface area contributed by atoms with E-state index < -0.39 is 30.3 Å². The number of ketones is 1. The van der Waals surface area contributed by atoms with E-state index >= 15 is 0 Å². The molecule has 8 heteroatoms. The first-order valence-corrected chi connectivity index (χ1v) is 18.1. The second-order valence-corrected chi connectivity index (χ2v) is 13.2. The van der Waals surface area contributed by atoms with Crippen molar-refractivity contribution in [1.82, 2.24) is 0 Å². The van der Waals surface area contributed by atoms with Crippen LogP contribution in [-0.4, -0.2) is 55.2 Å². The number of carbonyl (C=O) groups excluding carboxylic acids is 4. The number of hydrogen-bond donors (Lipinski definition) is 0. The van der Waals surface area contributed by atoms with Crippen LogP contribution in [0.5, 0.6) is 0 Å². The molecular formula is C39H64O8. The Balaban J connectivity index is 2.87. The van der Waals surface area contributed by atoms with E-state index in [9.17, 15) is 19.2 Å². The summed E-state index contributed by atoms with van der Waals surface area (Å²) in [5.74, 6) is -0.872. The number of hydrogen-bond acceptors (Lipinski definition) is 8. The van der Waals surface area contributed by atoms with Crippen LogP contribution < -0.4 is 0 Å². The molecule has 0 spiro atoms. The largest absolute Gasteiger partial charge is 0.462 e. The number of allylic oxidation sites excluding steroid dienone is 3. The molecule has 8 nitrogen and oxygen atoms in total. The number of methoxy groups -OCH3 is 1. The Morgan fingerprint density at radius 3 is 1.53 bits per heavy atom. The van der Waals surface area contributed by atoms with Crippen molar-refractivity contribution >= 4 is 23.7 Å². The summed E-state index contributed by atoms with van der Waals surface area (Å²) < 4.78 is 23.0. The SMILES string of the molecule is C=CCCCCCCC(CC(=O)OC(CCCCC=C)CC(=O)OC(CCC=C)CC(C)=O)OC(=O)CC(CC1CCCCC1)OC. The number of Topliss-reactive ketones (excluding diaryl/α,β-unsaturated/α-hetero) is 1. The van der Waals surface area contributed by atoms with Gasteiger partial charge in [0.1, 0.15) is 24.1 Å². The summed E-state index contributed by atoms with van der Waals surface area (Å²) in [6.45, 7) is 12.7. The zero-order valence-electron chi connectivity index (χ0n) is 29.6. The fraction of sp³-hybridized carbons (Fsp3) is 0.744. The van der Waals surface area contributed by atoms with Crippen LogP contribution in [0.3, 0.4) is 0 Å². The standard InChI is InChI=1S/C39H64O8/c1-6-9-12-14-15-20-25-35(47-39(43)30-36(44-5)27-32-21-17-16-18-22-32)29-38(42)46-34(24-19-13-10-7-2)28-37(41)45-33(23-11-8-3)26-31(4)40/h6-8,32-36H,1-3,9-30H2,4-5H3. The minimum Gasteiger partial charge on any atom is -0.462 e. The lowest BCUT2D eigenvalue weighted by molar-refractivity contribution is -0.162. The summed E-state index contributed by atoms with van der Waals surface area (Å²) >= 11 is 0. The van der Waals surface area contributed by atoms with Gasteiger partial charge in [-0.3, -0.25) is 19.2 Å². The van der Waals surface area contributed by atoms with Crippen LogP contribution in [0.15, 0.2) is 38.0 Å². The molecular weight excluding hydrogens is 596 g/mol. The van der Waals surface area contributed by atoms with E-state index in [4.69, 9.17) is 18.9 Å². The number of unbranched alkanes of at least 4 members (excludes halogenated alkanes) is 6. The topological polar surface area (TPSA) is 105 Å². The first-order chi connectivity index (χ1) is 22.7. The van der Waals surface area contributed by atoms with E-state index in [1.165, 1.54) is 39.0 Å². The Bertz CT molecular complexity index is 922. The molecule has 0 amide bonds. The molecule has 0 aliphatic heterocycles. The highest BCUT2D eigenvalue weighted by molar-refractivity contribution is 5.77. The normalized spacial score (nSPS) is 15.9. The van der Waals surface area contributed by atoms with Crippen molar-refractivity contribution < 1.29 is 38.1 Å². The van der Waals surface area contributed by atoms with Crippen molar-refractivity contribution in [2.75, 3.05) is 7.11 Å². The second kappa shape index (κ2) is 27.2. The van der Waals surface area contributed by atoms with E-state index in [1.54, 1.807) is 13.2 Å². The van der Waals surface area contributed by atoms with Gasteiger partial charge in [0.15, 0.2) is 0 Å². The molecule has 1 fully saturated rings. The van der Waals surface area contributed by atoms with E-state index in [2.05, 4.69) is 19.7 Å². The average molecular weight is 661 g/mol. The molecule has 1 saturated carbocycles. The van der Waals surface area contributed by atoms with E-state index in [0.29, 0.717) is 31.6 Å². The molecule has 268 valence electrons. The van der Waals surface area contributed by atoms with Crippen LogP contribution in [-0.2, 0) is 38.1 Å². The molecule has 0 N–H and O–H groups in total. The van der Waals surface area contributed by atoms with Gasteiger partial charge in [-0.05, 0) is 83.5 Å². The van der Waals surface area contributed by atoms with Crippen LogP contribution in [0.4, 0.5) is 0 Å². The van der Waals surface area contributed by atoms with Gasteiger partial charge in [-0.1, -0.05) is 63.2 Å². The van der Waals surface area contributed by atoms with Crippen molar-refractivity contribution in [2.24, 2.45) is 5.92 Å². The first-order valence-electron chi connectivity index (χ1n) is 18.1. The van der Waals surface area contributed by atoms with Crippen LogP contribution in [0, 0.1) is 5.92 Å². The van der Waals surface area contributed by atoms with Gasteiger partial charge in [-0.25, -0.2) is 0 Å². The minimum absolute atomic E-state index is 0.0636. The molecule has 4 unspecified atom stereocenters. The molecule has 0 aromatic heterocycles. The summed E-state index contributed by atoms with van der Waals surface area (Å²) in [6, 6.07) is 0. The third-order valence-corrected chi connectivity index (χ3v) is 8.81. The average Bonchev–Trinajstić information content (AvgIpc) is 3.03. The van der Waals surface area contributed by atoms with Crippen LogP contribution >= 0.6 is 0 Å². The van der Waals surface area contributed by atoms with Gasteiger partial charge in [-0.15, -0.1) is 19.7 Å². The lowest BCUT2D eigenvalue weighted by atomic mass is 9.85. The van der Waals surface area contributed by atoms with Crippen molar-refractivity contribution in [3.63, 3.8) is 0 Å².